The molecule has 0 bridgehead atoms. The first-order chi connectivity index (χ1) is 12.0. The first-order valence-electron chi connectivity index (χ1n) is 8.61. The second-order valence-electron chi connectivity index (χ2n) is 7.85. The summed E-state index contributed by atoms with van der Waals surface area (Å²) in [4.78, 5) is 20.9. The van der Waals surface area contributed by atoms with E-state index in [4.69, 9.17) is 4.74 Å². The zero-order valence-electron chi connectivity index (χ0n) is 15.0. The zero-order chi connectivity index (χ0) is 19.1. The van der Waals surface area contributed by atoms with Crippen LogP contribution in [0.15, 0.2) is 18.3 Å². The Bertz CT molecular complexity index is 712. The van der Waals surface area contributed by atoms with E-state index in [1.165, 1.54) is 12.1 Å². The first-order valence-corrected chi connectivity index (χ1v) is 8.61. The fourth-order valence-electron chi connectivity index (χ4n) is 3.17. The molecular formula is C18H22F3N3O2. The van der Waals surface area contributed by atoms with Gasteiger partial charge in [-0.2, -0.15) is 13.2 Å². The Morgan fingerprint density at radius 3 is 2.65 bits per heavy atom. The van der Waals surface area contributed by atoms with Gasteiger partial charge in [0, 0.05) is 12.7 Å². The number of ether oxygens (including phenoxy) is 1. The largest absolute Gasteiger partial charge is 0.451 e. The first kappa shape index (κ1) is 18.7. The van der Waals surface area contributed by atoms with E-state index in [0.29, 0.717) is 18.4 Å². The molecule has 0 radical (unpaired) electrons. The molecule has 3 rings (SSSR count). The van der Waals surface area contributed by atoms with E-state index >= 15 is 0 Å². The summed E-state index contributed by atoms with van der Waals surface area (Å²) in [6, 6.07) is 1.20. The fraction of sp³-hybridized carbons (Fsp3) is 0.611. The molecule has 1 aromatic heterocycles. The molecule has 3 atom stereocenters. The van der Waals surface area contributed by atoms with Crippen LogP contribution in [-0.2, 0) is 10.9 Å². The molecule has 0 spiro atoms. The van der Waals surface area contributed by atoms with E-state index in [-0.39, 0.29) is 11.7 Å². The number of fused-ring (bicyclic) bond motifs is 1. The number of carbonyl (C=O) groups excluding carboxylic acids is 1. The number of aromatic nitrogens is 2. The summed E-state index contributed by atoms with van der Waals surface area (Å²) in [6.45, 7) is 6.03. The Morgan fingerprint density at radius 1 is 1.27 bits per heavy atom. The highest BCUT2D eigenvalue weighted by Gasteiger charge is 2.47. The number of hydrogen-bond acceptors (Lipinski definition) is 4. The summed E-state index contributed by atoms with van der Waals surface area (Å²) in [6.07, 6.45) is 1.23. The summed E-state index contributed by atoms with van der Waals surface area (Å²) >= 11 is 0. The van der Waals surface area contributed by atoms with Crippen LogP contribution in [0.4, 0.5) is 18.0 Å². The minimum absolute atomic E-state index is 0.161. The number of likely N-dealkylation sites (tertiary alicyclic amines) is 1. The lowest BCUT2D eigenvalue weighted by atomic mass is 10.0. The van der Waals surface area contributed by atoms with Crippen molar-refractivity contribution in [1.29, 1.82) is 0 Å². The van der Waals surface area contributed by atoms with Crippen molar-refractivity contribution < 1.29 is 22.7 Å². The smallest absolute Gasteiger partial charge is 0.444 e. The van der Waals surface area contributed by atoms with E-state index in [1.54, 1.807) is 31.7 Å². The number of carbonyl (C=O) groups is 1. The SMILES string of the molecule is CC(C)(C)OC(=O)N1C[C@@H]2C[C@@H]2C[C@H]1C=Cc1ccnc(C(F)(F)F)n1. The molecule has 2 heterocycles. The van der Waals surface area contributed by atoms with E-state index in [1.807, 2.05) is 0 Å². The molecule has 1 amide bonds. The zero-order valence-corrected chi connectivity index (χ0v) is 15.0. The highest BCUT2D eigenvalue weighted by molar-refractivity contribution is 5.69. The monoisotopic (exact) mass is 369 g/mol. The van der Waals surface area contributed by atoms with Gasteiger partial charge in [0.15, 0.2) is 0 Å². The van der Waals surface area contributed by atoms with Gasteiger partial charge in [0.1, 0.15) is 5.60 Å². The summed E-state index contributed by atoms with van der Waals surface area (Å²) in [7, 11) is 0. The molecule has 1 aliphatic carbocycles. The standard InChI is InChI=1S/C18H22F3N3O2/c1-17(2,3)26-16(25)24-10-12-8-11(12)9-14(24)5-4-13-6-7-22-15(23-13)18(19,20)21/h4-7,11-12,14H,8-10H2,1-3H3/t11-,12+,14-/m1/s1. The van der Waals surface area contributed by atoms with Crippen molar-refractivity contribution in [2.45, 2.75) is 51.4 Å². The number of nitrogens with zero attached hydrogens (tertiary/aromatic N) is 3. The molecule has 0 N–H and O–H groups in total. The maximum absolute atomic E-state index is 12.7. The van der Waals surface area contributed by atoms with Gasteiger partial charge in [-0.15, -0.1) is 0 Å². The van der Waals surface area contributed by atoms with Gasteiger partial charge in [-0.3, -0.25) is 0 Å². The molecule has 2 fully saturated rings. The van der Waals surface area contributed by atoms with Crippen molar-refractivity contribution in [1.82, 2.24) is 14.9 Å². The molecule has 1 saturated heterocycles. The van der Waals surface area contributed by atoms with Crippen LogP contribution in [-0.4, -0.2) is 39.1 Å². The van der Waals surface area contributed by atoms with Crippen molar-refractivity contribution in [3.05, 3.63) is 29.9 Å². The van der Waals surface area contributed by atoms with Gasteiger partial charge in [-0.05, 0) is 57.6 Å². The Hall–Kier alpha value is -2.12. The average molecular weight is 369 g/mol. The second kappa shape index (κ2) is 6.55. The molecule has 26 heavy (non-hydrogen) atoms. The molecule has 5 nitrogen and oxygen atoms in total. The summed E-state index contributed by atoms with van der Waals surface area (Å²) < 4.78 is 43.6. The number of amides is 1. The maximum Gasteiger partial charge on any atom is 0.451 e. The Morgan fingerprint density at radius 2 is 2.00 bits per heavy atom. The minimum atomic E-state index is -4.58. The summed E-state index contributed by atoms with van der Waals surface area (Å²) in [5.74, 6) is -0.0999. The van der Waals surface area contributed by atoms with E-state index in [9.17, 15) is 18.0 Å². The number of halogens is 3. The Balaban J connectivity index is 1.75. The highest BCUT2D eigenvalue weighted by Crippen LogP contribution is 2.47. The van der Waals surface area contributed by atoms with Crippen LogP contribution < -0.4 is 0 Å². The van der Waals surface area contributed by atoms with Crippen LogP contribution in [0.25, 0.3) is 6.08 Å². The third-order valence-electron chi connectivity index (χ3n) is 4.49. The quantitative estimate of drug-likeness (QED) is 0.786. The lowest BCUT2D eigenvalue weighted by molar-refractivity contribution is -0.145. The summed E-state index contributed by atoms with van der Waals surface area (Å²) in [5, 5.41) is 0. The van der Waals surface area contributed by atoms with Crippen LogP contribution in [0.1, 0.15) is 45.1 Å². The average Bonchev–Trinajstić information content (AvgIpc) is 3.28. The number of piperidine rings is 1. The molecule has 142 valence electrons. The Kier molecular flexibility index (Phi) is 4.71. The lowest BCUT2D eigenvalue weighted by Crippen LogP contribution is -2.46. The maximum atomic E-state index is 12.7. The van der Waals surface area contributed by atoms with E-state index < -0.39 is 23.7 Å². The second-order valence-corrected chi connectivity index (χ2v) is 7.85. The third kappa shape index (κ3) is 4.53. The third-order valence-corrected chi connectivity index (χ3v) is 4.49. The van der Waals surface area contributed by atoms with Crippen LogP contribution in [0.3, 0.4) is 0 Å². The Labute approximate surface area is 150 Å². The number of hydrogen-bond donors (Lipinski definition) is 0. The van der Waals surface area contributed by atoms with Crippen molar-refractivity contribution in [2.24, 2.45) is 11.8 Å². The van der Waals surface area contributed by atoms with Crippen molar-refractivity contribution in [2.75, 3.05) is 6.54 Å². The highest BCUT2D eigenvalue weighted by atomic mass is 19.4. The van der Waals surface area contributed by atoms with Gasteiger partial charge < -0.3 is 9.64 Å². The molecule has 8 heteroatoms. The van der Waals surface area contributed by atoms with Crippen LogP contribution in [0.5, 0.6) is 0 Å². The van der Waals surface area contributed by atoms with E-state index in [0.717, 1.165) is 19.0 Å². The normalized spacial score (nSPS) is 25.9. The lowest BCUT2D eigenvalue weighted by Gasteiger charge is -2.35. The summed E-state index contributed by atoms with van der Waals surface area (Å²) in [5.41, 5.74) is -0.436. The van der Waals surface area contributed by atoms with E-state index in [2.05, 4.69) is 9.97 Å². The molecule has 0 aromatic carbocycles. The number of rotatable bonds is 2. The van der Waals surface area contributed by atoms with Gasteiger partial charge in [-0.1, -0.05) is 6.08 Å². The topological polar surface area (TPSA) is 55.3 Å². The molecule has 1 aliphatic heterocycles. The van der Waals surface area contributed by atoms with Gasteiger partial charge in [0.2, 0.25) is 5.82 Å². The van der Waals surface area contributed by atoms with Gasteiger partial charge >= 0.3 is 12.3 Å². The fourth-order valence-corrected chi connectivity index (χ4v) is 3.17. The van der Waals surface area contributed by atoms with Gasteiger partial charge in [-0.25, -0.2) is 14.8 Å². The minimum Gasteiger partial charge on any atom is -0.444 e. The van der Waals surface area contributed by atoms with Crippen molar-refractivity contribution >= 4 is 12.2 Å². The van der Waals surface area contributed by atoms with Crippen LogP contribution >= 0.6 is 0 Å². The molecule has 0 unspecified atom stereocenters. The number of alkyl halides is 3. The molecular weight excluding hydrogens is 347 g/mol. The predicted molar refractivity (Wildman–Crippen MR) is 89.0 cm³/mol. The van der Waals surface area contributed by atoms with Crippen molar-refractivity contribution in [3.63, 3.8) is 0 Å². The molecule has 1 saturated carbocycles. The van der Waals surface area contributed by atoms with Crippen molar-refractivity contribution in [3.8, 4) is 0 Å². The molecule has 1 aromatic rings. The van der Waals surface area contributed by atoms with Gasteiger partial charge in [0.05, 0.1) is 11.7 Å². The van der Waals surface area contributed by atoms with Crippen LogP contribution in [0, 0.1) is 11.8 Å². The molecule has 2 aliphatic rings. The predicted octanol–water partition coefficient (Wildman–Crippen LogP) is 4.15. The van der Waals surface area contributed by atoms with Crippen LogP contribution in [0.2, 0.25) is 0 Å². The van der Waals surface area contributed by atoms with Gasteiger partial charge in [0.25, 0.3) is 0 Å².